The molecule has 2 aliphatic rings. The number of hydrogen-bond donors (Lipinski definition) is 2. The highest BCUT2D eigenvalue weighted by molar-refractivity contribution is 5.62. The summed E-state index contributed by atoms with van der Waals surface area (Å²) in [5.74, 6) is 0.381. The lowest BCUT2D eigenvalue weighted by atomic mass is 9.86. The fourth-order valence-corrected chi connectivity index (χ4v) is 4.15. The summed E-state index contributed by atoms with van der Waals surface area (Å²) in [6, 6.07) is 4.85. The lowest BCUT2D eigenvalue weighted by Crippen LogP contribution is -2.45. The molecule has 0 aromatic heterocycles. The standard InChI is InChI=1S/C20H30F3N3O/c1-13-11-26(12-14(2)27-13)17-7-8-19(18(9-17)20(21,22)23)25-10-15-3-5-16(24)6-4-15/h7-9,13-16,25H,3-6,10-12,24H2,1-2H3/t13-,14-,15?,16?/m1/s1. The van der Waals surface area contributed by atoms with Crippen molar-refractivity contribution < 1.29 is 17.9 Å². The third kappa shape index (κ3) is 5.29. The molecule has 1 aliphatic carbocycles. The van der Waals surface area contributed by atoms with Crippen molar-refractivity contribution in [3.8, 4) is 0 Å². The van der Waals surface area contributed by atoms with Crippen LogP contribution < -0.4 is 16.0 Å². The fraction of sp³-hybridized carbons (Fsp3) is 0.700. The topological polar surface area (TPSA) is 50.5 Å². The zero-order valence-corrected chi connectivity index (χ0v) is 16.1. The Bertz CT molecular complexity index is 619. The minimum atomic E-state index is -4.39. The summed E-state index contributed by atoms with van der Waals surface area (Å²) in [5, 5.41) is 3.05. The monoisotopic (exact) mass is 385 g/mol. The van der Waals surface area contributed by atoms with Crippen LogP contribution in [0, 0.1) is 5.92 Å². The van der Waals surface area contributed by atoms with Crippen molar-refractivity contribution in [3.63, 3.8) is 0 Å². The van der Waals surface area contributed by atoms with Gasteiger partial charge in [-0.15, -0.1) is 0 Å². The van der Waals surface area contributed by atoms with E-state index in [1.807, 2.05) is 18.7 Å². The quantitative estimate of drug-likeness (QED) is 0.814. The van der Waals surface area contributed by atoms with Gasteiger partial charge in [0, 0.05) is 37.1 Å². The highest BCUT2D eigenvalue weighted by atomic mass is 19.4. The molecule has 0 spiro atoms. The second kappa shape index (κ2) is 8.27. The number of anilines is 2. The molecule has 2 atom stereocenters. The summed E-state index contributed by atoms with van der Waals surface area (Å²) in [6.45, 7) is 5.63. The molecule has 27 heavy (non-hydrogen) atoms. The summed E-state index contributed by atoms with van der Waals surface area (Å²) in [4.78, 5) is 1.97. The van der Waals surface area contributed by atoms with E-state index in [4.69, 9.17) is 10.5 Å². The molecular weight excluding hydrogens is 355 g/mol. The number of morpholine rings is 1. The smallest absolute Gasteiger partial charge is 0.384 e. The molecule has 1 saturated carbocycles. The Balaban J connectivity index is 1.74. The molecule has 3 rings (SSSR count). The Morgan fingerprint density at radius 2 is 1.74 bits per heavy atom. The molecule has 7 heteroatoms. The van der Waals surface area contributed by atoms with Crippen molar-refractivity contribution in [1.29, 1.82) is 0 Å². The van der Waals surface area contributed by atoms with Gasteiger partial charge in [-0.3, -0.25) is 0 Å². The molecule has 1 saturated heterocycles. The molecule has 0 unspecified atom stereocenters. The number of rotatable bonds is 4. The van der Waals surface area contributed by atoms with Crippen molar-refractivity contribution in [3.05, 3.63) is 23.8 Å². The largest absolute Gasteiger partial charge is 0.418 e. The van der Waals surface area contributed by atoms with Crippen molar-refractivity contribution in [2.45, 2.75) is 64.0 Å². The third-order valence-electron chi connectivity index (χ3n) is 5.57. The summed E-state index contributed by atoms with van der Waals surface area (Å²) in [5.41, 5.74) is 6.07. The molecule has 1 aromatic carbocycles. The Morgan fingerprint density at radius 3 is 2.33 bits per heavy atom. The first kappa shape index (κ1) is 20.3. The van der Waals surface area contributed by atoms with Crippen LogP contribution in [-0.2, 0) is 10.9 Å². The van der Waals surface area contributed by atoms with Crippen LogP contribution in [0.3, 0.4) is 0 Å². The predicted octanol–water partition coefficient (Wildman–Crippen LogP) is 4.25. The van der Waals surface area contributed by atoms with Gasteiger partial charge in [-0.1, -0.05) is 0 Å². The van der Waals surface area contributed by atoms with Crippen molar-refractivity contribution in [2.24, 2.45) is 11.7 Å². The molecule has 152 valence electrons. The highest BCUT2D eigenvalue weighted by Gasteiger charge is 2.35. The van der Waals surface area contributed by atoms with Gasteiger partial charge in [0.15, 0.2) is 0 Å². The van der Waals surface area contributed by atoms with Crippen LogP contribution in [0.4, 0.5) is 24.5 Å². The van der Waals surface area contributed by atoms with Crippen LogP contribution in [0.1, 0.15) is 45.1 Å². The van der Waals surface area contributed by atoms with E-state index in [1.165, 1.54) is 6.07 Å². The predicted molar refractivity (Wildman–Crippen MR) is 102 cm³/mol. The number of nitrogens with two attached hydrogens (primary N) is 1. The molecule has 1 aliphatic heterocycles. The lowest BCUT2D eigenvalue weighted by molar-refractivity contribution is -0.136. The van der Waals surface area contributed by atoms with E-state index in [0.717, 1.165) is 25.7 Å². The molecule has 4 nitrogen and oxygen atoms in total. The van der Waals surface area contributed by atoms with Gasteiger partial charge in [0.25, 0.3) is 0 Å². The average molecular weight is 385 g/mol. The summed E-state index contributed by atoms with van der Waals surface area (Å²) in [7, 11) is 0. The Labute approximate surface area is 159 Å². The third-order valence-corrected chi connectivity index (χ3v) is 5.57. The maximum absolute atomic E-state index is 13.7. The van der Waals surface area contributed by atoms with Crippen molar-refractivity contribution >= 4 is 11.4 Å². The minimum Gasteiger partial charge on any atom is -0.384 e. The molecular formula is C20H30F3N3O. The summed E-state index contributed by atoms with van der Waals surface area (Å²) < 4.78 is 46.7. The number of ether oxygens (including phenoxy) is 1. The molecule has 1 aromatic rings. The molecule has 3 N–H and O–H groups in total. The van der Waals surface area contributed by atoms with Gasteiger partial charge in [0.05, 0.1) is 17.8 Å². The zero-order chi connectivity index (χ0) is 19.6. The van der Waals surface area contributed by atoms with Crippen LogP contribution in [0.15, 0.2) is 18.2 Å². The number of alkyl halides is 3. The number of nitrogens with one attached hydrogen (secondary N) is 1. The van der Waals surface area contributed by atoms with E-state index in [9.17, 15) is 13.2 Å². The normalized spacial score (nSPS) is 29.6. The van der Waals surface area contributed by atoms with Crippen LogP contribution in [0.2, 0.25) is 0 Å². The molecule has 0 radical (unpaired) electrons. The van der Waals surface area contributed by atoms with E-state index in [1.54, 1.807) is 12.1 Å². The van der Waals surface area contributed by atoms with Crippen LogP contribution in [-0.4, -0.2) is 37.9 Å². The first-order valence-corrected chi connectivity index (χ1v) is 9.83. The number of halogens is 3. The summed E-state index contributed by atoms with van der Waals surface area (Å²) in [6.07, 6.45) is -0.558. The van der Waals surface area contributed by atoms with Crippen LogP contribution in [0.25, 0.3) is 0 Å². The van der Waals surface area contributed by atoms with Gasteiger partial charge in [-0.05, 0) is 63.6 Å². The van der Waals surface area contributed by atoms with Gasteiger partial charge in [-0.2, -0.15) is 13.2 Å². The van der Waals surface area contributed by atoms with Gasteiger partial charge < -0.3 is 20.7 Å². The zero-order valence-electron chi connectivity index (χ0n) is 16.1. The first-order chi connectivity index (χ1) is 12.7. The molecule has 0 bridgehead atoms. The number of nitrogens with zero attached hydrogens (tertiary/aromatic N) is 1. The van der Waals surface area contributed by atoms with E-state index in [2.05, 4.69) is 5.32 Å². The van der Waals surface area contributed by atoms with E-state index >= 15 is 0 Å². The second-order valence-electron chi connectivity index (χ2n) is 8.05. The number of hydrogen-bond acceptors (Lipinski definition) is 4. The van der Waals surface area contributed by atoms with Gasteiger partial charge in [0.2, 0.25) is 0 Å². The maximum atomic E-state index is 13.7. The van der Waals surface area contributed by atoms with Crippen molar-refractivity contribution in [1.82, 2.24) is 0 Å². The van der Waals surface area contributed by atoms with E-state index in [0.29, 0.717) is 31.2 Å². The summed E-state index contributed by atoms with van der Waals surface area (Å²) >= 11 is 0. The Morgan fingerprint density at radius 1 is 1.11 bits per heavy atom. The molecule has 2 fully saturated rings. The highest BCUT2D eigenvalue weighted by Crippen LogP contribution is 2.38. The molecule has 0 amide bonds. The second-order valence-corrected chi connectivity index (χ2v) is 8.05. The lowest BCUT2D eigenvalue weighted by Gasteiger charge is -2.37. The fourth-order valence-electron chi connectivity index (χ4n) is 4.15. The Kier molecular flexibility index (Phi) is 6.21. The number of benzene rings is 1. The van der Waals surface area contributed by atoms with E-state index in [-0.39, 0.29) is 23.9 Å². The first-order valence-electron chi connectivity index (χ1n) is 9.83. The molecule has 1 heterocycles. The SMILES string of the molecule is C[C@@H]1CN(c2ccc(NCC3CCC(N)CC3)c(C(F)(F)F)c2)C[C@@H](C)O1. The van der Waals surface area contributed by atoms with Gasteiger partial charge in [0.1, 0.15) is 0 Å². The van der Waals surface area contributed by atoms with Crippen LogP contribution >= 0.6 is 0 Å². The van der Waals surface area contributed by atoms with Gasteiger partial charge >= 0.3 is 6.18 Å². The van der Waals surface area contributed by atoms with E-state index < -0.39 is 11.7 Å². The Hall–Kier alpha value is -1.47. The minimum absolute atomic E-state index is 0.00133. The van der Waals surface area contributed by atoms with Crippen LogP contribution in [0.5, 0.6) is 0 Å². The average Bonchev–Trinajstić information content (AvgIpc) is 2.59. The van der Waals surface area contributed by atoms with Crippen molar-refractivity contribution in [2.75, 3.05) is 29.9 Å². The van der Waals surface area contributed by atoms with Gasteiger partial charge in [-0.25, -0.2) is 0 Å². The maximum Gasteiger partial charge on any atom is 0.418 e.